The molecule has 0 aliphatic carbocycles. The molecule has 4 heteroatoms. The maximum atomic E-state index is 11.8. The lowest BCUT2D eigenvalue weighted by atomic mass is 10.2. The normalized spacial score (nSPS) is 10.2. The lowest BCUT2D eigenvalue weighted by molar-refractivity contribution is 0.0527. The van der Waals surface area contributed by atoms with Crippen molar-refractivity contribution in [2.75, 3.05) is 12.3 Å². The fourth-order valence-corrected chi connectivity index (χ4v) is 2.64. The van der Waals surface area contributed by atoms with Crippen LogP contribution in [0.2, 0.25) is 0 Å². The zero-order valence-corrected chi connectivity index (χ0v) is 12.2. The van der Waals surface area contributed by atoms with Crippen molar-refractivity contribution in [2.45, 2.75) is 17.6 Å². The molecule has 0 spiro atoms. The smallest absolute Gasteiger partial charge is 0.340 e. The number of esters is 1. The molecule has 2 aromatic rings. The first kappa shape index (κ1) is 14.5. The first-order valence-electron chi connectivity index (χ1n) is 6.44. The second-order valence-electron chi connectivity index (χ2n) is 4.24. The zero-order chi connectivity index (χ0) is 14.4. The molecule has 0 aliphatic heterocycles. The van der Waals surface area contributed by atoms with Gasteiger partial charge in [0.15, 0.2) is 0 Å². The predicted molar refractivity (Wildman–Crippen MR) is 82.8 cm³/mol. The van der Waals surface area contributed by atoms with Gasteiger partial charge in [-0.3, -0.25) is 0 Å². The van der Waals surface area contributed by atoms with Gasteiger partial charge < -0.3 is 10.5 Å². The summed E-state index contributed by atoms with van der Waals surface area (Å²) >= 11 is 1.67. The van der Waals surface area contributed by atoms with Crippen LogP contribution >= 0.6 is 11.8 Å². The van der Waals surface area contributed by atoms with E-state index in [0.717, 1.165) is 10.6 Å². The summed E-state index contributed by atoms with van der Waals surface area (Å²) in [5.41, 5.74) is 7.95. The van der Waals surface area contributed by atoms with Gasteiger partial charge in [0, 0.05) is 16.3 Å². The molecule has 0 amide bonds. The molecule has 0 unspecified atom stereocenters. The van der Waals surface area contributed by atoms with Crippen LogP contribution in [0.25, 0.3) is 0 Å². The number of thioether (sulfide) groups is 1. The van der Waals surface area contributed by atoms with Crippen molar-refractivity contribution in [3.05, 3.63) is 59.7 Å². The number of nitrogen functional groups attached to an aromatic ring is 1. The molecule has 0 fully saturated rings. The molecule has 104 valence electrons. The van der Waals surface area contributed by atoms with Gasteiger partial charge in [0.05, 0.1) is 12.2 Å². The van der Waals surface area contributed by atoms with E-state index < -0.39 is 0 Å². The molecule has 2 aromatic carbocycles. The third-order valence-corrected chi connectivity index (χ3v) is 3.83. The average Bonchev–Trinajstić information content (AvgIpc) is 2.47. The molecule has 0 saturated heterocycles. The van der Waals surface area contributed by atoms with Crippen LogP contribution in [-0.2, 0) is 10.5 Å². The molecule has 0 radical (unpaired) electrons. The second kappa shape index (κ2) is 7.01. The van der Waals surface area contributed by atoms with Crippen LogP contribution in [0.15, 0.2) is 53.4 Å². The largest absolute Gasteiger partial charge is 0.462 e. The highest BCUT2D eigenvalue weighted by Crippen LogP contribution is 2.26. The number of benzene rings is 2. The van der Waals surface area contributed by atoms with Crippen LogP contribution in [-0.4, -0.2) is 12.6 Å². The van der Waals surface area contributed by atoms with E-state index in [1.807, 2.05) is 24.3 Å². The Labute approximate surface area is 123 Å². The van der Waals surface area contributed by atoms with Crippen molar-refractivity contribution in [1.82, 2.24) is 0 Å². The third kappa shape index (κ3) is 3.78. The Kier molecular flexibility index (Phi) is 5.07. The zero-order valence-electron chi connectivity index (χ0n) is 11.3. The first-order valence-corrected chi connectivity index (χ1v) is 7.42. The topological polar surface area (TPSA) is 52.3 Å². The number of carbonyl (C=O) groups excluding carboxylic acids is 1. The molecule has 0 saturated carbocycles. The summed E-state index contributed by atoms with van der Waals surface area (Å²) in [6.45, 7) is 2.13. The van der Waals surface area contributed by atoms with E-state index in [2.05, 4.69) is 12.1 Å². The Bertz CT molecular complexity index is 584. The molecule has 0 atom stereocenters. The summed E-state index contributed by atoms with van der Waals surface area (Å²) in [5.74, 6) is 0.486. The quantitative estimate of drug-likeness (QED) is 0.517. The van der Waals surface area contributed by atoms with Gasteiger partial charge in [-0.15, -0.1) is 11.8 Å². The lowest BCUT2D eigenvalue weighted by Gasteiger charge is -2.08. The highest BCUT2D eigenvalue weighted by molar-refractivity contribution is 7.98. The summed E-state index contributed by atoms with van der Waals surface area (Å²) in [4.78, 5) is 12.8. The van der Waals surface area contributed by atoms with Crippen LogP contribution in [0.3, 0.4) is 0 Å². The SMILES string of the molecule is CCOC(=O)c1cc(SCc2ccccc2)ccc1N. The molecule has 0 aliphatic rings. The summed E-state index contributed by atoms with van der Waals surface area (Å²) in [6.07, 6.45) is 0. The van der Waals surface area contributed by atoms with E-state index in [0.29, 0.717) is 17.9 Å². The van der Waals surface area contributed by atoms with Crippen LogP contribution in [0.1, 0.15) is 22.8 Å². The highest BCUT2D eigenvalue weighted by atomic mass is 32.2. The minimum absolute atomic E-state index is 0.347. The average molecular weight is 287 g/mol. The second-order valence-corrected chi connectivity index (χ2v) is 5.29. The number of carbonyl (C=O) groups is 1. The summed E-state index contributed by atoms with van der Waals surface area (Å²) in [7, 11) is 0. The van der Waals surface area contributed by atoms with E-state index in [-0.39, 0.29) is 5.97 Å². The minimum Gasteiger partial charge on any atom is -0.462 e. The van der Waals surface area contributed by atoms with E-state index >= 15 is 0 Å². The molecule has 2 rings (SSSR count). The van der Waals surface area contributed by atoms with Gasteiger partial charge >= 0.3 is 5.97 Å². The van der Waals surface area contributed by atoms with Crippen molar-refractivity contribution >= 4 is 23.4 Å². The molecule has 0 aromatic heterocycles. The Morgan fingerprint density at radius 3 is 2.65 bits per heavy atom. The number of hydrogen-bond donors (Lipinski definition) is 1. The molecular weight excluding hydrogens is 270 g/mol. The monoisotopic (exact) mass is 287 g/mol. The number of nitrogens with two attached hydrogens (primary N) is 1. The van der Waals surface area contributed by atoms with Gasteiger partial charge in [0.25, 0.3) is 0 Å². The Morgan fingerprint density at radius 2 is 1.95 bits per heavy atom. The molecule has 3 nitrogen and oxygen atoms in total. The lowest BCUT2D eigenvalue weighted by Crippen LogP contribution is -2.08. The molecule has 20 heavy (non-hydrogen) atoms. The fraction of sp³-hybridized carbons (Fsp3) is 0.188. The maximum absolute atomic E-state index is 11.8. The van der Waals surface area contributed by atoms with Crippen LogP contribution in [0.4, 0.5) is 5.69 Å². The van der Waals surface area contributed by atoms with Crippen molar-refractivity contribution in [3.63, 3.8) is 0 Å². The van der Waals surface area contributed by atoms with Crippen molar-refractivity contribution in [1.29, 1.82) is 0 Å². The molecule has 0 bridgehead atoms. The van der Waals surface area contributed by atoms with Crippen LogP contribution in [0.5, 0.6) is 0 Å². The van der Waals surface area contributed by atoms with Gasteiger partial charge in [-0.1, -0.05) is 30.3 Å². The third-order valence-electron chi connectivity index (χ3n) is 2.77. The van der Waals surface area contributed by atoms with Crippen LogP contribution < -0.4 is 5.73 Å². The van der Waals surface area contributed by atoms with Crippen LogP contribution in [0, 0.1) is 0 Å². The van der Waals surface area contributed by atoms with E-state index in [4.69, 9.17) is 10.5 Å². The number of rotatable bonds is 5. The molecular formula is C16H17NO2S. The number of anilines is 1. The van der Waals surface area contributed by atoms with E-state index in [1.165, 1.54) is 5.56 Å². The first-order chi connectivity index (χ1) is 9.70. The van der Waals surface area contributed by atoms with E-state index in [9.17, 15) is 4.79 Å². The number of hydrogen-bond acceptors (Lipinski definition) is 4. The van der Waals surface area contributed by atoms with Crippen molar-refractivity contribution in [2.24, 2.45) is 0 Å². The Balaban J connectivity index is 2.09. The standard InChI is InChI=1S/C16H17NO2S/c1-2-19-16(18)14-10-13(8-9-15(14)17)20-11-12-6-4-3-5-7-12/h3-10H,2,11,17H2,1H3. The summed E-state index contributed by atoms with van der Waals surface area (Å²) in [5, 5.41) is 0. The molecule has 0 heterocycles. The maximum Gasteiger partial charge on any atom is 0.340 e. The van der Waals surface area contributed by atoms with Crippen molar-refractivity contribution < 1.29 is 9.53 Å². The predicted octanol–water partition coefficient (Wildman–Crippen LogP) is 3.74. The summed E-state index contributed by atoms with van der Waals surface area (Å²) in [6, 6.07) is 15.7. The van der Waals surface area contributed by atoms with Gasteiger partial charge in [0.2, 0.25) is 0 Å². The van der Waals surface area contributed by atoms with Gasteiger partial charge in [-0.25, -0.2) is 4.79 Å². The number of ether oxygens (including phenoxy) is 1. The van der Waals surface area contributed by atoms with Gasteiger partial charge in [0.1, 0.15) is 0 Å². The molecule has 2 N–H and O–H groups in total. The fourth-order valence-electron chi connectivity index (χ4n) is 1.75. The Hall–Kier alpha value is -1.94. The Morgan fingerprint density at radius 1 is 1.20 bits per heavy atom. The van der Waals surface area contributed by atoms with Crippen molar-refractivity contribution in [3.8, 4) is 0 Å². The van der Waals surface area contributed by atoms with Gasteiger partial charge in [-0.2, -0.15) is 0 Å². The minimum atomic E-state index is -0.368. The van der Waals surface area contributed by atoms with Gasteiger partial charge in [-0.05, 0) is 30.7 Å². The van der Waals surface area contributed by atoms with E-state index in [1.54, 1.807) is 30.8 Å². The highest BCUT2D eigenvalue weighted by Gasteiger charge is 2.11. The summed E-state index contributed by atoms with van der Waals surface area (Å²) < 4.78 is 5.00.